The Kier molecular flexibility index (Phi) is 3.00. The summed E-state index contributed by atoms with van der Waals surface area (Å²) < 4.78 is 2.34. The molecule has 2 unspecified atom stereocenters. The Labute approximate surface area is 67.3 Å². The highest BCUT2D eigenvalue weighted by Crippen LogP contribution is 2.21. The standard InChI is InChI=1S/C6H14B2NP/c7-6(8)4-5-2-1-3-9(5)10/h4-5H,1-3,7-8,10H2. The van der Waals surface area contributed by atoms with Gasteiger partial charge in [0.05, 0.1) is 0 Å². The largest absolute Gasteiger partial charge is 0.281 e. The molecule has 0 saturated carbocycles. The van der Waals surface area contributed by atoms with E-state index in [2.05, 4.69) is 35.8 Å². The van der Waals surface area contributed by atoms with Crippen molar-refractivity contribution in [2.45, 2.75) is 18.9 Å². The molecule has 1 nitrogen and oxygen atoms in total. The molecule has 0 aliphatic carbocycles. The molecule has 1 saturated heterocycles. The van der Waals surface area contributed by atoms with Crippen molar-refractivity contribution in [3.63, 3.8) is 0 Å². The van der Waals surface area contributed by atoms with Crippen LogP contribution in [-0.4, -0.2) is 32.9 Å². The predicted molar refractivity (Wildman–Crippen MR) is 54.6 cm³/mol. The van der Waals surface area contributed by atoms with Gasteiger partial charge in [-0.15, -0.1) is 5.37 Å². The van der Waals surface area contributed by atoms with Crippen LogP contribution in [0.25, 0.3) is 0 Å². The Morgan fingerprint density at radius 1 is 1.60 bits per heavy atom. The summed E-state index contributed by atoms with van der Waals surface area (Å²) in [5, 5.41) is 1.43. The molecule has 0 aromatic rings. The van der Waals surface area contributed by atoms with Crippen molar-refractivity contribution in [3.05, 3.63) is 11.4 Å². The van der Waals surface area contributed by atoms with Crippen LogP contribution in [0.3, 0.4) is 0 Å². The van der Waals surface area contributed by atoms with Crippen LogP contribution in [-0.2, 0) is 0 Å². The van der Waals surface area contributed by atoms with Gasteiger partial charge in [0.25, 0.3) is 0 Å². The van der Waals surface area contributed by atoms with Crippen LogP contribution in [0.1, 0.15) is 12.8 Å². The van der Waals surface area contributed by atoms with E-state index in [1.54, 1.807) is 0 Å². The first kappa shape index (κ1) is 8.36. The van der Waals surface area contributed by atoms with E-state index in [-0.39, 0.29) is 0 Å². The first-order chi connectivity index (χ1) is 4.70. The smallest absolute Gasteiger partial charge is 0.121 e. The van der Waals surface area contributed by atoms with Crippen molar-refractivity contribution in [1.82, 2.24) is 4.67 Å². The third-order valence-electron chi connectivity index (χ3n) is 1.87. The van der Waals surface area contributed by atoms with E-state index in [1.165, 1.54) is 24.8 Å². The van der Waals surface area contributed by atoms with E-state index in [1.807, 2.05) is 0 Å². The van der Waals surface area contributed by atoms with Crippen molar-refractivity contribution in [2.75, 3.05) is 6.54 Å². The van der Waals surface area contributed by atoms with Crippen LogP contribution in [0.2, 0.25) is 0 Å². The average Bonchev–Trinajstić information content (AvgIpc) is 2.15. The maximum Gasteiger partial charge on any atom is 0.121 e. The van der Waals surface area contributed by atoms with E-state index in [0.717, 1.165) is 0 Å². The SMILES string of the molecule is BC(B)=CC1CCCN1P. The number of hydrogen-bond donors (Lipinski definition) is 0. The quantitative estimate of drug-likeness (QED) is 0.357. The lowest BCUT2D eigenvalue weighted by atomic mass is 9.77. The molecule has 0 spiro atoms. The molecule has 0 N–H and O–H groups in total. The van der Waals surface area contributed by atoms with Gasteiger partial charge in [-0.1, -0.05) is 15.5 Å². The van der Waals surface area contributed by atoms with Gasteiger partial charge in [-0.25, -0.2) is 0 Å². The lowest BCUT2D eigenvalue weighted by Gasteiger charge is -2.15. The topological polar surface area (TPSA) is 3.24 Å². The summed E-state index contributed by atoms with van der Waals surface area (Å²) in [6.07, 6.45) is 5.02. The van der Waals surface area contributed by atoms with E-state index in [9.17, 15) is 0 Å². The second-order valence-corrected chi connectivity index (χ2v) is 3.85. The van der Waals surface area contributed by atoms with Crippen molar-refractivity contribution in [2.24, 2.45) is 0 Å². The Morgan fingerprint density at radius 2 is 2.30 bits per heavy atom. The summed E-state index contributed by atoms with van der Waals surface area (Å²) in [5.41, 5.74) is 0. The van der Waals surface area contributed by atoms with Crippen LogP contribution < -0.4 is 0 Å². The average molecular weight is 153 g/mol. The highest BCUT2D eigenvalue weighted by molar-refractivity contribution is 7.13. The highest BCUT2D eigenvalue weighted by Gasteiger charge is 2.17. The molecule has 0 amide bonds. The summed E-state index contributed by atoms with van der Waals surface area (Å²) in [6, 6.07) is 0.690. The second kappa shape index (κ2) is 3.59. The summed E-state index contributed by atoms with van der Waals surface area (Å²) in [4.78, 5) is 0. The Balaban J connectivity index is 2.48. The van der Waals surface area contributed by atoms with Crippen molar-refractivity contribution >= 4 is 25.1 Å². The second-order valence-electron chi connectivity index (χ2n) is 3.19. The van der Waals surface area contributed by atoms with Gasteiger partial charge in [0.15, 0.2) is 0 Å². The van der Waals surface area contributed by atoms with Gasteiger partial charge in [0, 0.05) is 12.6 Å². The Hall–Kier alpha value is 0.260. The zero-order valence-electron chi connectivity index (χ0n) is 6.80. The first-order valence-electron chi connectivity index (χ1n) is 3.86. The molecule has 0 aromatic heterocycles. The molecular weight excluding hydrogens is 139 g/mol. The molecule has 1 fully saturated rings. The third-order valence-corrected chi connectivity index (χ3v) is 2.51. The number of rotatable bonds is 1. The predicted octanol–water partition coefficient (Wildman–Crippen LogP) is -0.652. The molecule has 1 rings (SSSR count). The fourth-order valence-corrected chi connectivity index (χ4v) is 1.80. The van der Waals surface area contributed by atoms with Crippen LogP contribution >= 0.6 is 9.39 Å². The zero-order valence-corrected chi connectivity index (χ0v) is 7.96. The lowest BCUT2D eigenvalue weighted by Crippen LogP contribution is -2.16. The molecule has 1 aliphatic heterocycles. The van der Waals surface area contributed by atoms with Crippen LogP contribution in [0.15, 0.2) is 11.4 Å². The molecule has 0 radical (unpaired) electrons. The van der Waals surface area contributed by atoms with Gasteiger partial charge in [-0.05, 0) is 12.8 Å². The fraction of sp³-hybridized carbons (Fsp3) is 0.667. The van der Waals surface area contributed by atoms with Crippen molar-refractivity contribution in [3.8, 4) is 0 Å². The van der Waals surface area contributed by atoms with Gasteiger partial charge >= 0.3 is 0 Å². The van der Waals surface area contributed by atoms with E-state index >= 15 is 0 Å². The van der Waals surface area contributed by atoms with Gasteiger partial charge in [-0.2, -0.15) is 0 Å². The minimum atomic E-state index is 0.690. The maximum absolute atomic E-state index is 2.79. The van der Waals surface area contributed by atoms with Gasteiger partial charge < -0.3 is 0 Å². The number of nitrogens with zero attached hydrogens (tertiary/aromatic N) is 1. The molecule has 54 valence electrons. The molecular formula is C6H14B2NP. The summed E-state index contributed by atoms with van der Waals surface area (Å²) in [5.74, 6) is 0. The van der Waals surface area contributed by atoms with Gasteiger partial charge in [-0.3, -0.25) is 4.67 Å². The van der Waals surface area contributed by atoms with Crippen molar-refractivity contribution in [1.29, 1.82) is 0 Å². The number of hydrogen-bond acceptors (Lipinski definition) is 1. The van der Waals surface area contributed by atoms with Crippen LogP contribution in [0.5, 0.6) is 0 Å². The Morgan fingerprint density at radius 3 is 2.70 bits per heavy atom. The summed E-state index contributed by atoms with van der Waals surface area (Å²) in [7, 11) is 7.12. The van der Waals surface area contributed by atoms with Crippen LogP contribution in [0, 0.1) is 0 Å². The lowest BCUT2D eigenvalue weighted by molar-refractivity contribution is 0.504. The molecule has 0 aromatic carbocycles. The highest BCUT2D eigenvalue weighted by atomic mass is 31.0. The molecule has 10 heavy (non-hydrogen) atoms. The summed E-state index contributed by atoms with van der Waals surface area (Å²) in [6.45, 7) is 1.24. The molecule has 1 heterocycles. The van der Waals surface area contributed by atoms with Crippen LogP contribution in [0.4, 0.5) is 0 Å². The molecule has 4 heteroatoms. The monoisotopic (exact) mass is 153 g/mol. The molecule has 2 atom stereocenters. The van der Waals surface area contributed by atoms with E-state index in [4.69, 9.17) is 0 Å². The first-order valence-corrected chi connectivity index (χ1v) is 4.38. The van der Waals surface area contributed by atoms with Gasteiger partial charge in [0.2, 0.25) is 0 Å². The zero-order chi connectivity index (χ0) is 7.56. The minimum absolute atomic E-state index is 0.690. The maximum atomic E-state index is 2.79. The fourth-order valence-electron chi connectivity index (χ4n) is 1.38. The van der Waals surface area contributed by atoms with E-state index < -0.39 is 0 Å². The van der Waals surface area contributed by atoms with Crippen molar-refractivity contribution < 1.29 is 0 Å². The third kappa shape index (κ3) is 2.14. The van der Waals surface area contributed by atoms with E-state index in [0.29, 0.717) is 6.04 Å². The normalized spacial score (nSPS) is 26.7. The molecule has 1 aliphatic rings. The summed E-state index contributed by atoms with van der Waals surface area (Å²) >= 11 is 0. The molecule has 0 bridgehead atoms. The van der Waals surface area contributed by atoms with Gasteiger partial charge in [0.1, 0.15) is 15.7 Å². The minimum Gasteiger partial charge on any atom is -0.281 e. The Bertz CT molecular complexity index is 145.